The zero-order valence-corrected chi connectivity index (χ0v) is 26.6. The van der Waals surface area contributed by atoms with Gasteiger partial charge in [0.05, 0.1) is 39.6 Å². The SMILES string of the molecule is O=CCOCCOCCNC(=O)COCCOCCNC(=O)CCCCCCCCCCCCCCCCCCC(=O)O. The zero-order chi connectivity index (χ0) is 31.5. The van der Waals surface area contributed by atoms with Gasteiger partial charge in [-0.15, -0.1) is 0 Å². The Balaban J connectivity index is 3.24. The molecule has 43 heavy (non-hydrogen) atoms. The molecule has 0 unspecified atom stereocenters. The van der Waals surface area contributed by atoms with E-state index in [2.05, 4.69) is 10.6 Å². The molecule has 0 aliphatic carbocycles. The minimum absolute atomic E-state index is 0.0512. The van der Waals surface area contributed by atoms with Gasteiger partial charge in [0.2, 0.25) is 11.8 Å². The van der Waals surface area contributed by atoms with Gasteiger partial charge in [-0.3, -0.25) is 14.4 Å². The number of aldehydes is 1. The van der Waals surface area contributed by atoms with Gasteiger partial charge < -0.3 is 39.5 Å². The normalized spacial score (nSPS) is 11.0. The summed E-state index contributed by atoms with van der Waals surface area (Å²) in [5.74, 6) is -0.850. The first-order chi connectivity index (χ1) is 21.1. The summed E-state index contributed by atoms with van der Waals surface area (Å²) in [7, 11) is 0. The quantitative estimate of drug-likeness (QED) is 0.0686. The molecule has 0 heterocycles. The Morgan fingerprint density at radius 3 is 1.35 bits per heavy atom. The number of amides is 2. The first-order valence-electron chi connectivity index (χ1n) is 16.6. The number of carbonyl (C=O) groups is 4. The number of ether oxygens (including phenoxy) is 4. The molecule has 0 fully saturated rings. The number of rotatable bonds is 35. The van der Waals surface area contributed by atoms with Crippen molar-refractivity contribution in [3.63, 3.8) is 0 Å². The summed E-state index contributed by atoms with van der Waals surface area (Å²) in [6.45, 7) is 2.96. The van der Waals surface area contributed by atoms with Crippen LogP contribution in [-0.2, 0) is 38.1 Å². The minimum atomic E-state index is -0.682. The molecular formula is C32H60N2O9. The second kappa shape index (κ2) is 34.4. The van der Waals surface area contributed by atoms with Crippen molar-refractivity contribution in [2.75, 3.05) is 65.9 Å². The third-order valence-corrected chi connectivity index (χ3v) is 6.84. The summed E-state index contributed by atoms with van der Waals surface area (Å²) < 4.78 is 20.9. The molecular weight excluding hydrogens is 556 g/mol. The van der Waals surface area contributed by atoms with E-state index in [1.165, 1.54) is 70.6 Å². The molecule has 11 heteroatoms. The molecule has 0 aliphatic rings. The van der Waals surface area contributed by atoms with Gasteiger partial charge in [-0.1, -0.05) is 89.9 Å². The van der Waals surface area contributed by atoms with Crippen LogP contribution in [-0.4, -0.2) is 95.1 Å². The van der Waals surface area contributed by atoms with Gasteiger partial charge >= 0.3 is 5.97 Å². The van der Waals surface area contributed by atoms with Gasteiger partial charge in [-0.2, -0.15) is 0 Å². The van der Waals surface area contributed by atoms with Gasteiger partial charge in [-0.25, -0.2) is 0 Å². The van der Waals surface area contributed by atoms with Crippen LogP contribution >= 0.6 is 0 Å². The summed E-state index contributed by atoms with van der Waals surface area (Å²) in [5.41, 5.74) is 0. The molecule has 0 aromatic heterocycles. The maximum Gasteiger partial charge on any atom is 0.303 e. The standard InChI is InChI=1S/C32H60N2O9/c35-21-24-42-26-25-40-23-20-34-31(37)29-43-28-27-41-22-19-33-30(36)17-15-13-11-9-7-5-3-1-2-4-6-8-10-12-14-16-18-32(38)39/h21H,1-20,22-29H2,(H,33,36)(H,34,37)(H,38,39). The van der Waals surface area contributed by atoms with E-state index in [0.29, 0.717) is 71.9 Å². The summed E-state index contributed by atoms with van der Waals surface area (Å²) in [4.78, 5) is 44.1. The van der Waals surface area contributed by atoms with Gasteiger partial charge in [0.1, 0.15) is 19.5 Å². The Morgan fingerprint density at radius 1 is 0.488 bits per heavy atom. The van der Waals surface area contributed by atoms with Crippen LogP contribution in [0.3, 0.4) is 0 Å². The summed E-state index contributed by atoms with van der Waals surface area (Å²) in [6.07, 6.45) is 20.7. The maximum absolute atomic E-state index is 11.9. The topological polar surface area (TPSA) is 149 Å². The molecule has 0 aromatic rings. The molecule has 0 atom stereocenters. The molecule has 2 amide bonds. The third-order valence-electron chi connectivity index (χ3n) is 6.84. The molecule has 0 aliphatic heterocycles. The molecule has 0 spiro atoms. The first kappa shape index (κ1) is 40.9. The van der Waals surface area contributed by atoms with Crippen molar-refractivity contribution in [3.8, 4) is 0 Å². The predicted molar refractivity (Wildman–Crippen MR) is 166 cm³/mol. The van der Waals surface area contributed by atoms with Crippen molar-refractivity contribution in [1.29, 1.82) is 0 Å². The molecule has 0 bridgehead atoms. The lowest BCUT2D eigenvalue weighted by Gasteiger charge is -2.08. The van der Waals surface area contributed by atoms with Crippen LogP contribution in [0, 0.1) is 0 Å². The molecule has 11 nitrogen and oxygen atoms in total. The second-order valence-electron chi connectivity index (χ2n) is 10.8. The Morgan fingerprint density at radius 2 is 0.884 bits per heavy atom. The fourth-order valence-electron chi connectivity index (χ4n) is 4.44. The number of carboxylic acid groups (broad SMARTS) is 1. The summed E-state index contributed by atoms with van der Waals surface area (Å²) in [5, 5.41) is 14.2. The number of unbranched alkanes of at least 4 members (excludes halogenated alkanes) is 15. The highest BCUT2D eigenvalue weighted by Crippen LogP contribution is 2.14. The lowest BCUT2D eigenvalue weighted by molar-refractivity contribution is -0.137. The fraction of sp³-hybridized carbons (Fsp3) is 0.875. The van der Waals surface area contributed by atoms with Crippen molar-refractivity contribution in [3.05, 3.63) is 0 Å². The van der Waals surface area contributed by atoms with E-state index in [-0.39, 0.29) is 25.0 Å². The monoisotopic (exact) mass is 616 g/mol. The number of carbonyl (C=O) groups excluding carboxylic acids is 3. The number of carboxylic acids is 1. The van der Waals surface area contributed by atoms with Crippen LogP contribution < -0.4 is 10.6 Å². The molecule has 0 aromatic carbocycles. The molecule has 3 N–H and O–H groups in total. The van der Waals surface area contributed by atoms with Gasteiger partial charge in [-0.05, 0) is 12.8 Å². The summed E-state index contributed by atoms with van der Waals surface area (Å²) in [6, 6.07) is 0. The maximum atomic E-state index is 11.9. The number of hydrogen-bond acceptors (Lipinski definition) is 8. The average Bonchev–Trinajstić information content (AvgIpc) is 2.99. The minimum Gasteiger partial charge on any atom is -0.481 e. The molecule has 0 radical (unpaired) electrons. The van der Waals surface area contributed by atoms with E-state index in [4.69, 9.17) is 24.1 Å². The summed E-state index contributed by atoms with van der Waals surface area (Å²) >= 11 is 0. The Bertz CT molecular complexity index is 665. The first-order valence-corrected chi connectivity index (χ1v) is 16.6. The van der Waals surface area contributed by atoms with Gasteiger partial charge in [0.15, 0.2) is 0 Å². The van der Waals surface area contributed by atoms with Crippen LogP contribution in [0.25, 0.3) is 0 Å². The van der Waals surface area contributed by atoms with E-state index < -0.39 is 5.97 Å². The van der Waals surface area contributed by atoms with E-state index in [1.807, 2.05) is 0 Å². The molecule has 0 rings (SSSR count). The number of nitrogens with one attached hydrogen (secondary N) is 2. The predicted octanol–water partition coefficient (Wildman–Crippen LogP) is 4.59. The fourth-order valence-corrected chi connectivity index (χ4v) is 4.44. The van der Waals surface area contributed by atoms with Crippen molar-refractivity contribution >= 4 is 24.1 Å². The van der Waals surface area contributed by atoms with Crippen molar-refractivity contribution in [2.24, 2.45) is 0 Å². The molecule has 0 saturated carbocycles. The van der Waals surface area contributed by atoms with Crippen LogP contribution in [0.4, 0.5) is 0 Å². The van der Waals surface area contributed by atoms with Crippen LogP contribution in [0.1, 0.15) is 116 Å². The second-order valence-corrected chi connectivity index (χ2v) is 10.8. The average molecular weight is 617 g/mol. The van der Waals surface area contributed by atoms with Gasteiger partial charge in [0.25, 0.3) is 0 Å². The Hall–Kier alpha value is -2.08. The smallest absolute Gasteiger partial charge is 0.303 e. The van der Waals surface area contributed by atoms with Gasteiger partial charge in [0, 0.05) is 25.9 Å². The van der Waals surface area contributed by atoms with Crippen LogP contribution in [0.2, 0.25) is 0 Å². The lowest BCUT2D eigenvalue weighted by Crippen LogP contribution is -2.31. The number of hydrogen-bond donors (Lipinski definition) is 3. The molecule has 252 valence electrons. The highest BCUT2D eigenvalue weighted by molar-refractivity contribution is 5.77. The molecule has 0 saturated heterocycles. The van der Waals surface area contributed by atoms with Crippen LogP contribution in [0.15, 0.2) is 0 Å². The van der Waals surface area contributed by atoms with Crippen molar-refractivity contribution in [1.82, 2.24) is 10.6 Å². The largest absolute Gasteiger partial charge is 0.481 e. The Labute approximate surface area is 259 Å². The lowest BCUT2D eigenvalue weighted by atomic mass is 10.0. The van der Waals surface area contributed by atoms with E-state index in [1.54, 1.807) is 0 Å². The number of aliphatic carboxylic acids is 1. The zero-order valence-electron chi connectivity index (χ0n) is 26.6. The van der Waals surface area contributed by atoms with Crippen molar-refractivity contribution in [2.45, 2.75) is 116 Å². The van der Waals surface area contributed by atoms with Crippen molar-refractivity contribution < 1.29 is 43.2 Å². The highest BCUT2D eigenvalue weighted by atomic mass is 16.5. The van der Waals surface area contributed by atoms with E-state index >= 15 is 0 Å². The van der Waals surface area contributed by atoms with E-state index in [9.17, 15) is 19.2 Å². The Kier molecular flexibility index (Phi) is 32.7. The van der Waals surface area contributed by atoms with Crippen LogP contribution in [0.5, 0.6) is 0 Å². The third kappa shape index (κ3) is 36.0. The highest BCUT2D eigenvalue weighted by Gasteiger charge is 2.03. The van der Waals surface area contributed by atoms with E-state index in [0.717, 1.165) is 32.1 Å².